The molecule has 3 aromatic carbocycles. The van der Waals surface area contributed by atoms with Crippen LogP contribution in [0.3, 0.4) is 0 Å². The number of carboxylic acids is 1. The van der Waals surface area contributed by atoms with Crippen LogP contribution in [0.5, 0.6) is 0 Å². The summed E-state index contributed by atoms with van der Waals surface area (Å²) in [5.74, 6) is -0.917. The van der Waals surface area contributed by atoms with E-state index in [1.165, 1.54) is 23.4 Å². The fourth-order valence-electron chi connectivity index (χ4n) is 6.54. The Labute approximate surface area is 367 Å². The van der Waals surface area contributed by atoms with Crippen molar-refractivity contribution < 1.29 is 57.3 Å². The number of nitrogens with zero attached hydrogens (tertiary/aromatic N) is 5. The maximum atomic E-state index is 14.1. The first-order chi connectivity index (χ1) is 30.4. The van der Waals surface area contributed by atoms with E-state index in [-0.39, 0.29) is 43.6 Å². The number of amides is 3. The number of nitrogens with one attached hydrogen (secondary N) is 4. The molecule has 0 aliphatic carbocycles. The Hall–Kier alpha value is -6.88. The number of unbranched alkanes of at least 4 members (excludes halogenated alkanes) is 3. The zero-order chi connectivity index (χ0) is 46.4. The van der Waals surface area contributed by atoms with E-state index in [9.17, 15) is 51.1 Å². The van der Waals surface area contributed by atoms with Gasteiger partial charge < -0.3 is 44.2 Å². The number of hydrogen-bond acceptors (Lipinski definition) is 13. The predicted octanol–water partition coefficient (Wildman–Crippen LogP) is 6.84. The maximum Gasteiger partial charge on any atom is 0.446 e. The number of halogens is 3. The number of hydrogen-bond donors (Lipinski definition) is 8. The SMILES string of the molecule is CN1Cc2cc(C(=O)N(CCCCCCNC(=O)c3ccc(N/N=C/c4ccccc4S(O)(O)O)nc3)Cc3nc4ccccc4[nH]3)ccc2NC(CC(=O)O)C1=O.O=CC(F)(F)F.[HH]. The van der Waals surface area contributed by atoms with Crippen LogP contribution in [0.2, 0.25) is 0 Å². The summed E-state index contributed by atoms with van der Waals surface area (Å²) >= 11 is 0. The van der Waals surface area contributed by atoms with Crippen LogP contribution in [0, 0.1) is 0 Å². The summed E-state index contributed by atoms with van der Waals surface area (Å²) in [5, 5.41) is 19.3. The van der Waals surface area contributed by atoms with Crippen molar-refractivity contribution in [3.8, 4) is 0 Å². The highest BCUT2D eigenvalue weighted by Crippen LogP contribution is 2.44. The number of pyridine rings is 1. The van der Waals surface area contributed by atoms with E-state index >= 15 is 0 Å². The van der Waals surface area contributed by atoms with Gasteiger partial charge in [0.2, 0.25) is 12.2 Å². The average molecular weight is 912 g/mol. The molecule has 0 radical (unpaired) electrons. The summed E-state index contributed by atoms with van der Waals surface area (Å²) < 4.78 is 60.1. The van der Waals surface area contributed by atoms with Crippen molar-refractivity contribution >= 4 is 69.6 Å². The van der Waals surface area contributed by atoms with E-state index in [1.54, 1.807) is 60.5 Å². The molecule has 22 heteroatoms. The zero-order valence-electron chi connectivity index (χ0n) is 34.3. The number of hydrazone groups is 1. The van der Waals surface area contributed by atoms with Crippen LogP contribution >= 0.6 is 10.9 Å². The molecule has 0 saturated heterocycles. The van der Waals surface area contributed by atoms with Crippen molar-refractivity contribution in [2.75, 3.05) is 30.9 Å². The predicted molar refractivity (Wildman–Crippen MR) is 234 cm³/mol. The molecular formula is C42H48F3N9O9S. The molecular weight excluding hydrogens is 864 g/mol. The molecule has 342 valence electrons. The first-order valence-corrected chi connectivity index (χ1v) is 21.2. The van der Waals surface area contributed by atoms with Gasteiger partial charge in [0.15, 0.2) is 0 Å². The van der Waals surface area contributed by atoms with Crippen LogP contribution in [-0.4, -0.2) is 112 Å². The summed E-state index contributed by atoms with van der Waals surface area (Å²) in [6, 6.07) is 21.2. The molecule has 0 saturated carbocycles. The molecule has 0 spiro atoms. The van der Waals surface area contributed by atoms with E-state index in [4.69, 9.17) is 4.79 Å². The monoisotopic (exact) mass is 911 g/mol. The highest BCUT2D eigenvalue weighted by atomic mass is 32.3. The molecule has 64 heavy (non-hydrogen) atoms. The molecule has 0 fully saturated rings. The number of para-hydroxylation sites is 2. The van der Waals surface area contributed by atoms with Crippen LogP contribution in [0.4, 0.5) is 24.7 Å². The van der Waals surface area contributed by atoms with E-state index in [0.29, 0.717) is 59.1 Å². The largest absolute Gasteiger partial charge is 0.481 e. The highest BCUT2D eigenvalue weighted by Gasteiger charge is 2.30. The third kappa shape index (κ3) is 14.1. The fraction of sp³-hybridized carbons (Fsp3) is 0.286. The minimum atomic E-state index is -4.64. The Morgan fingerprint density at radius 3 is 2.39 bits per heavy atom. The number of alkyl halides is 3. The molecule has 3 heterocycles. The number of carbonyl (C=O) groups is 5. The van der Waals surface area contributed by atoms with Gasteiger partial charge >= 0.3 is 12.1 Å². The van der Waals surface area contributed by atoms with Gasteiger partial charge in [0, 0.05) is 51.1 Å². The quantitative estimate of drug-likeness (QED) is 0.0206. The summed E-state index contributed by atoms with van der Waals surface area (Å²) in [5.41, 5.74) is 6.80. The molecule has 1 aliphatic rings. The van der Waals surface area contributed by atoms with Gasteiger partial charge in [-0.15, -0.1) is 0 Å². The van der Waals surface area contributed by atoms with Crippen molar-refractivity contribution in [2.24, 2.45) is 5.10 Å². The van der Waals surface area contributed by atoms with Gasteiger partial charge in [0.05, 0.1) is 40.7 Å². The Bertz CT molecular complexity index is 2440. The number of rotatable bonds is 17. The number of carbonyl (C=O) groups excluding carboxylic acids is 4. The minimum absolute atomic E-state index is 0. The molecule has 0 bridgehead atoms. The van der Waals surface area contributed by atoms with Gasteiger partial charge in [0.1, 0.15) is 28.6 Å². The number of likely N-dealkylation sites (N-methyl/N-ethyl adjacent to an activating group) is 1. The first-order valence-electron chi connectivity index (χ1n) is 19.7. The Morgan fingerprint density at radius 1 is 1.00 bits per heavy atom. The summed E-state index contributed by atoms with van der Waals surface area (Å²) in [4.78, 5) is 75.1. The molecule has 1 unspecified atom stereocenters. The molecule has 18 nitrogen and oxygen atoms in total. The van der Waals surface area contributed by atoms with Gasteiger partial charge in [-0.05, 0) is 66.9 Å². The van der Waals surface area contributed by atoms with Crippen molar-refractivity contribution in [1.29, 1.82) is 0 Å². The third-order valence-corrected chi connectivity index (χ3v) is 10.6. The van der Waals surface area contributed by atoms with Crippen LogP contribution in [0.15, 0.2) is 95.1 Å². The summed E-state index contributed by atoms with van der Waals surface area (Å²) in [6.07, 6.45) is -0.306. The van der Waals surface area contributed by atoms with Gasteiger partial charge in [-0.25, -0.2) is 9.97 Å². The number of carboxylic acid groups (broad SMARTS) is 1. The lowest BCUT2D eigenvalue weighted by Gasteiger charge is -2.23. The van der Waals surface area contributed by atoms with Gasteiger partial charge in [-0.2, -0.15) is 18.3 Å². The highest BCUT2D eigenvalue weighted by molar-refractivity contribution is 8.19. The third-order valence-electron chi connectivity index (χ3n) is 9.61. The number of anilines is 2. The summed E-state index contributed by atoms with van der Waals surface area (Å²) in [7, 11) is -2.31. The van der Waals surface area contributed by atoms with E-state index in [0.717, 1.165) is 30.3 Å². The number of imidazole rings is 1. The number of aromatic nitrogens is 3. The topological polar surface area (TPSA) is 263 Å². The van der Waals surface area contributed by atoms with Crippen LogP contribution in [0.1, 0.15) is 71.2 Å². The molecule has 8 N–H and O–H groups in total. The molecule has 6 rings (SSSR count). The van der Waals surface area contributed by atoms with Crippen molar-refractivity contribution in [1.82, 2.24) is 30.1 Å². The lowest BCUT2D eigenvalue weighted by molar-refractivity contribution is -0.156. The summed E-state index contributed by atoms with van der Waals surface area (Å²) in [6.45, 7) is 1.36. The van der Waals surface area contributed by atoms with Crippen molar-refractivity contribution in [2.45, 2.75) is 62.3 Å². The molecule has 5 aromatic rings. The second-order valence-electron chi connectivity index (χ2n) is 14.5. The fourth-order valence-corrected chi connectivity index (χ4v) is 7.24. The molecule has 1 atom stereocenters. The van der Waals surface area contributed by atoms with E-state index < -0.39 is 35.3 Å². The number of aldehydes is 1. The second kappa shape index (κ2) is 22.0. The van der Waals surface area contributed by atoms with Crippen molar-refractivity contribution in [3.63, 3.8) is 0 Å². The zero-order valence-corrected chi connectivity index (χ0v) is 35.1. The Kier molecular flexibility index (Phi) is 16.5. The van der Waals surface area contributed by atoms with Crippen molar-refractivity contribution in [3.05, 3.63) is 113 Å². The van der Waals surface area contributed by atoms with Gasteiger partial charge in [0.25, 0.3) is 11.8 Å². The van der Waals surface area contributed by atoms with E-state index in [2.05, 4.69) is 36.1 Å². The Balaban J connectivity index is 0.00000124. The molecule has 1 aliphatic heterocycles. The molecule has 2 aromatic heterocycles. The maximum absolute atomic E-state index is 14.1. The molecule has 3 amide bonds. The van der Waals surface area contributed by atoms with Crippen LogP contribution < -0.4 is 16.1 Å². The van der Waals surface area contributed by atoms with E-state index in [1.807, 2.05) is 24.3 Å². The average Bonchev–Trinajstić information content (AvgIpc) is 3.63. The lowest BCUT2D eigenvalue weighted by atomic mass is 10.1. The van der Waals surface area contributed by atoms with Crippen LogP contribution in [0.25, 0.3) is 11.0 Å². The second-order valence-corrected chi connectivity index (χ2v) is 16.0. The number of fused-ring (bicyclic) bond motifs is 2. The standard InChI is InChI=1S/C40H45N9O8S.C2HF3O.H2/c1-48-24-29-20-26(14-16-30(29)44-33(40(48)54)21-37(50)51)39(53)49(25-36-45-31-11-5-6-12-32(31)46-36)19-9-3-2-8-18-41-38(52)28-15-17-35(42-22-28)47-43-23-27-10-4-7-13-34(27)58(55,56)57;3-2(4,5)1-6;/h4-7,10-17,20,22-23,33,44,55-57H,2-3,8-9,18-19,21,24-25H2,1H3,(H,41,52)(H,42,47)(H,45,46)(H,50,51);1H;1H/b43-23+;;. The Morgan fingerprint density at radius 2 is 1.70 bits per heavy atom. The van der Waals surface area contributed by atoms with Crippen LogP contribution in [-0.2, 0) is 27.5 Å². The number of aliphatic carboxylic acids is 1. The first kappa shape index (κ1) is 48.2. The lowest BCUT2D eigenvalue weighted by Crippen LogP contribution is -2.39. The van der Waals surface area contributed by atoms with Gasteiger partial charge in [-0.3, -0.25) is 29.4 Å². The normalized spacial score (nSPS) is 14.1. The van der Waals surface area contributed by atoms with Gasteiger partial charge in [-0.1, -0.05) is 43.2 Å². The number of aromatic amines is 1. The minimum Gasteiger partial charge on any atom is -0.481 e. The smallest absolute Gasteiger partial charge is 0.446 e. The number of H-pyrrole nitrogens is 1. The number of benzene rings is 3.